The van der Waals surface area contributed by atoms with Crippen molar-refractivity contribution >= 4 is 0 Å². The van der Waals surface area contributed by atoms with Crippen molar-refractivity contribution in [1.82, 2.24) is 0 Å². The highest BCUT2D eigenvalue weighted by Crippen LogP contribution is 1.94. The van der Waals surface area contributed by atoms with Gasteiger partial charge in [-0.25, -0.2) is 0 Å². The van der Waals surface area contributed by atoms with Crippen molar-refractivity contribution in [2.45, 2.75) is 32.5 Å². The summed E-state index contributed by atoms with van der Waals surface area (Å²) in [7, 11) is 0. The monoisotopic (exact) mass is 130 g/mol. The summed E-state index contributed by atoms with van der Waals surface area (Å²) >= 11 is 0. The molecule has 0 bridgehead atoms. The highest BCUT2D eigenvalue weighted by atomic mass is 16.5. The molecule has 0 spiro atoms. The molecule has 0 saturated carbocycles. The van der Waals surface area contributed by atoms with Gasteiger partial charge in [0, 0.05) is 0 Å². The van der Waals surface area contributed by atoms with Gasteiger partial charge in [0.1, 0.15) is 0 Å². The van der Waals surface area contributed by atoms with Gasteiger partial charge in [0.25, 0.3) is 0 Å². The Balaban J connectivity index is 3.04. The van der Waals surface area contributed by atoms with Gasteiger partial charge in [-0.2, -0.15) is 0 Å². The van der Waals surface area contributed by atoms with Gasteiger partial charge in [-0.05, 0) is 12.5 Å². The van der Waals surface area contributed by atoms with Gasteiger partial charge in [0.05, 0.1) is 0 Å². The van der Waals surface area contributed by atoms with Gasteiger partial charge in [-0.3, -0.25) is 0 Å². The fourth-order valence-electron chi connectivity index (χ4n) is 0.540. The molecule has 0 heterocycles. The minimum Gasteiger partial charge on any atom is -0.365 e. The standard InChI is InChI=1S/C7H14O2/c1-2-3-4-5-6-7(8)9/h5-9H,2-4H2,1H3. The molecule has 0 amide bonds. The van der Waals surface area contributed by atoms with Crippen LogP contribution < -0.4 is 0 Å². The summed E-state index contributed by atoms with van der Waals surface area (Å²) in [6, 6.07) is 0. The Labute approximate surface area is 55.8 Å². The Morgan fingerprint density at radius 1 is 1.44 bits per heavy atom. The van der Waals surface area contributed by atoms with Crippen molar-refractivity contribution in [1.29, 1.82) is 0 Å². The molecule has 0 aromatic rings. The lowest BCUT2D eigenvalue weighted by Crippen LogP contribution is -1.96. The molecular formula is C7H14O2. The van der Waals surface area contributed by atoms with Gasteiger partial charge in [-0.15, -0.1) is 0 Å². The Hall–Kier alpha value is -0.340. The predicted molar refractivity (Wildman–Crippen MR) is 36.9 cm³/mol. The van der Waals surface area contributed by atoms with Gasteiger partial charge >= 0.3 is 0 Å². The van der Waals surface area contributed by atoms with Crippen LogP contribution in [0.4, 0.5) is 0 Å². The molecule has 9 heavy (non-hydrogen) atoms. The maximum atomic E-state index is 8.32. The lowest BCUT2D eigenvalue weighted by molar-refractivity contribution is 0.00216. The van der Waals surface area contributed by atoms with Crippen molar-refractivity contribution < 1.29 is 10.2 Å². The van der Waals surface area contributed by atoms with E-state index in [0.717, 1.165) is 19.3 Å². The zero-order valence-electron chi connectivity index (χ0n) is 5.75. The summed E-state index contributed by atoms with van der Waals surface area (Å²) < 4.78 is 0. The number of hydrogen-bond donors (Lipinski definition) is 2. The minimum atomic E-state index is -1.28. The Morgan fingerprint density at radius 3 is 2.56 bits per heavy atom. The third kappa shape index (κ3) is 7.66. The summed E-state index contributed by atoms with van der Waals surface area (Å²) in [6.07, 6.45) is 5.09. The van der Waals surface area contributed by atoms with Crippen molar-refractivity contribution in [2.75, 3.05) is 0 Å². The first-order valence-corrected chi connectivity index (χ1v) is 3.30. The smallest absolute Gasteiger partial charge is 0.171 e. The quantitative estimate of drug-likeness (QED) is 0.339. The molecule has 2 heteroatoms. The van der Waals surface area contributed by atoms with Crippen molar-refractivity contribution in [2.24, 2.45) is 0 Å². The maximum Gasteiger partial charge on any atom is 0.171 e. The molecule has 54 valence electrons. The van der Waals surface area contributed by atoms with Crippen LogP contribution in [0.25, 0.3) is 0 Å². The van der Waals surface area contributed by atoms with E-state index in [1.807, 2.05) is 0 Å². The van der Waals surface area contributed by atoms with Gasteiger partial charge < -0.3 is 10.2 Å². The molecule has 0 atom stereocenters. The molecule has 2 nitrogen and oxygen atoms in total. The van der Waals surface area contributed by atoms with E-state index in [1.165, 1.54) is 6.08 Å². The van der Waals surface area contributed by atoms with Crippen LogP contribution in [0.1, 0.15) is 26.2 Å². The van der Waals surface area contributed by atoms with Gasteiger partial charge in [-0.1, -0.05) is 25.8 Å². The second-order valence-electron chi connectivity index (χ2n) is 1.98. The molecule has 0 rings (SSSR count). The zero-order valence-corrected chi connectivity index (χ0v) is 5.75. The van der Waals surface area contributed by atoms with Crippen molar-refractivity contribution in [3.8, 4) is 0 Å². The van der Waals surface area contributed by atoms with Crippen LogP contribution in [-0.4, -0.2) is 16.5 Å². The molecule has 0 aliphatic heterocycles. The van der Waals surface area contributed by atoms with Crippen LogP contribution >= 0.6 is 0 Å². The molecule has 0 radical (unpaired) electrons. The number of aliphatic hydroxyl groups is 2. The highest BCUT2D eigenvalue weighted by molar-refractivity contribution is 4.82. The average Bonchev–Trinajstić information content (AvgIpc) is 1.80. The molecule has 0 aliphatic rings. The summed E-state index contributed by atoms with van der Waals surface area (Å²) in [5, 5.41) is 16.6. The van der Waals surface area contributed by atoms with E-state index in [2.05, 4.69) is 6.92 Å². The lowest BCUT2D eigenvalue weighted by Gasteiger charge is -1.91. The first-order valence-electron chi connectivity index (χ1n) is 3.30. The number of rotatable bonds is 4. The Morgan fingerprint density at radius 2 is 2.11 bits per heavy atom. The summed E-state index contributed by atoms with van der Waals surface area (Å²) in [5.74, 6) is 0. The van der Waals surface area contributed by atoms with E-state index in [0.29, 0.717) is 0 Å². The van der Waals surface area contributed by atoms with E-state index < -0.39 is 6.29 Å². The normalized spacial score (nSPS) is 11.6. The fourth-order valence-corrected chi connectivity index (χ4v) is 0.540. The Bertz CT molecular complexity index is 77.0. The zero-order chi connectivity index (χ0) is 7.11. The molecule has 0 aromatic heterocycles. The molecular weight excluding hydrogens is 116 g/mol. The molecule has 0 saturated heterocycles. The average molecular weight is 130 g/mol. The first kappa shape index (κ1) is 8.66. The van der Waals surface area contributed by atoms with E-state index in [1.54, 1.807) is 6.08 Å². The van der Waals surface area contributed by atoms with Crippen molar-refractivity contribution in [3.05, 3.63) is 12.2 Å². The maximum absolute atomic E-state index is 8.32. The highest BCUT2D eigenvalue weighted by Gasteiger charge is 1.84. The van der Waals surface area contributed by atoms with Gasteiger partial charge in [0.15, 0.2) is 6.29 Å². The number of unbranched alkanes of at least 4 members (excludes halogenated alkanes) is 2. The molecule has 2 N–H and O–H groups in total. The molecule has 0 aliphatic carbocycles. The number of aliphatic hydroxyl groups excluding tert-OH is 1. The van der Waals surface area contributed by atoms with E-state index in [4.69, 9.17) is 10.2 Å². The van der Waals surface area contributed by atoms with E-state index >= 15 is 0 Å². The summed E-state index contributed by atoms with van der Waals surface area (Å²) in [6.45, 7) is 2.10. The van der Waals surface area contributed by atoms with Crippen LogP contribution in [0, 0.1) is 0 Å². The minimum absolute atomic E-state index is 0.939. The topological polar surface area (TPSA) is 40.5 Å². The summed E-state index contributed by atoms with van der Waals surface area (Å²) in [4.78, 5) is 0. The van der Waals surface area contributed by atoms with Crippen LogP contribution in [0.3, 0.4) is 0 Å². The van der Waals surface area contributed by atoms with Gasteiger partial charge in [0.2, 0.25) is 0 Å². The molecule has 0 aromatic carbocycles. The van der Waals surface area contributed by atoms with Crippen LogP contribution in [0.15, 0.2) is 12.2 Å². The number of allylic oxidation sites excluding steroid dienone is 1. The number of hydrogen-bond acceptors (Lipinski definition) is 2. The largest absolute Gasteiger partial charge is 0.365 e. The lowest BCUT2D eigenvalue weighted by atomic mass is 10.2. The second kappa shape index (κ2) is 5.79. The van der Waals surface area contributed by atoms with Crippen LogP contribution in [0.5, 0.6) is 0 Å². The van der Waals surface area contributed by atoms with Crippen LogP contribution in [-0.2, 0) is 0 Å². The fraction of sp³-hybridized carbons (Fsp3) is 0.714. The third-order valence-corrected chi connectivity index (χ3v) is 1.03. The summed E-state index contributed by atoms with van der Waals surface area (Å²) in [5.41, 5.74) is 0. The third-order valence-electron chi connectivity index (χ3n) is 1.03. The Kier molecular flexibility index (Phi) is 5.57. The van der Waals surface area contributed by atoms with Crippen LogP contribution in [0.2, 0.25) is 0 Å². The molecule has 0 unspecified atom stereocenters. The first-order chi connectivity index (χ1) is 4.27. The SMILES string of the molecule is CCCCC=CC(O)O. The predicted octanol–water partition coefficient (Wildman–Crippen LogP) is 1.04. The molecule has 0 fully saturated rings. The van der Waals surface area contributed by atoms with Crippen molar-refractivity contribution in [3.63, 3.8) is 0 Å². The second-order valence-corrected chi connectivity index (χ2v) is 1.98. The van der Waals surface area contributed by atoms with E-state index in [-0.39, 0.29) is 0 Å². The van der Waals surface area contributed by atoms with E-state index in [9.17, 15) is 0 Å².